The van der Waals surface area contributed by atoms with Crippen LogP contribution in [-0.2, 0) is 0 Å². The number of para-hydroxylation sites is 2. The van der Waals surface area contributed by atoms with Crippen molar-refractivity contribution in [2.24, 2.45) is 0 Å². The number of rotatable bonds is 4. The van der Waals surface area contributed by atoms with E-state index in [0.717, 1.165) is 24.0 Å². The molecule has 1 unspecified atom stereocenters. The molecule has 1 atom stereocenters. The Bertz CT molecular complexity index is 378. The van der Waals surface area contributed by atoms with Crippen molar-refractivity contribution in [3.63, 3.8) is 0 Å². The van der Waals surface area contributed by atoms with Crippen LogP contribution in [-0.4, -0.2) is 38.1 Å². The first-order chi connectivity index (χ1) is 8.68. The third kappa shape index (κ3) is 3.16. The number of piperidine rings is 1. The Labute approximate surface area is 111 Å². The number of hydrogen-bond donors (Lipinski definition) is 1. The van der Waals surface area contributed by atoms with E-state index in [-0.39, 0.29) is 0 Å². The van der Waals surface area contributed by atoms with Crippen molar-refractivity contribution < 1.29 is 0 Å². The lowest BCUT2D eigenvalue weighted by molar-refractivity contribution is 0.178. The molecule has 1 aliphatic rings. The molecule has 1 aromatic rings. The van der Waals surface area contributed by atoms with E-state index in [4.69, 9.17) is 5.73 Å². The summed E-state index contributed by atoms with van der Waals surface area (Å²) in [7, 11) is 4.38. The molecule has 0 saturated carbocycles. The predicted octanol–water partition coefficient (Wildman–Crippen LogP) is 2.58. The van der Waals surface area contributed by atoms with Crippen LogP contribution in [0.4, 0.5) is 11.4 Å². The van der Waals surface area contributed by atoms with Crippen molar-refractivity contribution in [3.05, 3.63) is 24.3 Å². The van der Waals surface area contributed by atoms with Crippen LogP contribution >= 0.6 is 0 Å². The minimum atomic E-state index is 0.742. The molecule has 1 aromatic carbocycles. The number of nitrogens with zero attached hydrogens (tertiary/aromatic N) is 2. The van der Waals surface area contributed by atoms with Crippen LogP contribution in [0.5, 0.6) is 0 Å². The third-order valence-corrected chi connectivity index (χ3v) is 4.07. The van der Waals surface area contributed by atoms with Crippen molar-refractivity contribution >= 4 is 11.4 Å². The van der Waals surface area contributed by atoms with Gasteiger partial charge in [0.15, 0.2) is 0 Å². The van der Waals surface area contributed by atoms with E-state index in [1.165, 1.54) is 32.2 Å². The fourth-order valence-corrected chi connectivity index (χ4v) is 2.81. The van der Waals surface area contributed by atoms with E-state index in [2.05, 4.69) is 36.0 Å². The Hall–Kier alpha value is -1.22. The molecule has 3 nitrogen and oxygen atoms in total. The molecule has 0 bridgehead atoms. The van der Waals surface area contributed by atoms with Crippen molar-refractivity contribution in [2.45, 2.75) is 31.7 Å². The smallest absolute Gasteiger partial charge is 0.0597 e. The van der Waals surface area contributed by atoms with Gasteiger partial charge in [-0.2, -0.15) is 0 Å². The fraction of sp³-hybridized carbons (Fsp3) is 0.600. The average molecular weight is 247 g/mol. The highest BCUT2D eigenvalue weighted by atomic mass is 15.2. The van der Waals surface area contributed by atoms with Gasteiger partial charge in [-0.05, 0) is 45.0 Å². The van der Waals surface area contributed by atoms with Gasteiger partial charge >= 0.3 is 0 Å². The molecule has 1 saturated heterocycles. The number of anilines is 2. The summed E-state index contributed by atoms with van der Waals surface area (Å²) < 4.78 is 0. The number of nitrogens with two attached hydrogens (primary N) is 1. The van der Waals surface area contributed by atoms with Gasteiger partial charge in [0.2, 0.25) is 0 Å². The summed E-state index contributed by atoms with van der Waals surface area (Å²) in [6.07, 6.45) is 5.30. The molecule has 100 valence electrons. The van der Waals surface area contributed by atoms with E-state index in [1.54, 1.807) is 0 Å². The second kappa shape index (κ2) is 6.10. The number of likely N-dealkylation sites (tertiary alicyclic amines) is 1. The summed E-state index contributed by atoms with van der Waals surface area (Å²) >= 11 is 0. The summed E-state index contributed by atoms with van der Waals surface area (Å²) in [5.74, 6) is 0. The Balaban J connectivity index is 1.88. The van der Waals surface area contributed by atoms with E-state index in [1.807, 2.05) is 12.1 Å². The topological polar surface area (TPSA) is 32.5 Å². The van der Waals surface area contributed by atoms with E-state index in [0.29, 0.717) is 0 Å². The van der Waals surface area contributed by atoms with E-state index in [9.17, 15) is 0 Å². The second-order valence-corrected chi connectivity index (χ2v) is 5.40. The van der Waals surface area contributed by atoms with Crippen molar-refractivity contribution in [1.82, 2.24) is 4.90 Å². The summed E-state index contributed by atoms with van der Waals surface area (Å²) in [6.45, 7) is 2.32. The molecule has 2 rings (SSSR count). The van der Waals surface area contributed by atoms with Gasteiger partial charge in [0.25, 0.3) is 0 Å². The molecule has 3 heteroatoms. The van der Waals surface area contributed by atoms with Crippen molar-refractivity contribution in [3.8, 4) is 0 Å². The first-order valence-electron chi connectivity index (χ1n) is 6.94. The van der Waals surface area contributed by atoms with Crippen LogP contribution in [0.25, 0.3) is 0 Å². The van der Waals surface area contributed by atoms with Crippen molar-refractivity contribution in [2.75, 3.05) is 37.8 Å². The minimum absolute atomic E-state index is 0.742. The molecule has 0 aromatic heterocycles. The van der Waals surface area contributed by atoms with Gasteiger partial charge < -0.3 is 15.5 Å². The zero-order chi connectivity index (χ0) is 13.0. The van der Waals surface area contributed by atoms with Gasteiger partial charge in [0.1, 0.15) is 0 Å². The Morgan fingerprint density at radius 3 is 2.83 bits per heavy atom. The number of nitrogen functional groups attached to an aromatic ring is 1. The molecule has 18 heavy (non-hydrogen) atoms. The van der Waals surface area contributed by atoms with Crippen LogP contribution in [0, 0.1) is 0 Å². The Kier molecular flexibility index (Phi) is 4.48. The number of hydrogen-bond acceptors (Lipinski definition) is 3. The largest absolute Gasteiger partial charge is 0.397 e. The molecule has 2 N–H and O–H groups in total. The maximum atomic E-state index is 6.01. The van der Waals surface area contributed by atoms with E-state index < -0.39 is 0 Å². The second-order valence-electron chi connectivity index (χ2n) is 5.40. The standard InChI is InChI=1S/C15H25N3/c1-17-11-6-5-7-13(17)10-12-18(2)15-9-4-3-8-14(15)16/h3-4,8-9,13H,5-7,10-12,16H2,1-2H3. The molecule has 1 aliphatic heterocycles. The van der Waals surface area contributed by atoms with Crippen LogP contribution in [0.3, 0.4) is 0 Å². The van der Waals surface area contributed by atoms with Crippen LogP contribution in [0.15, 0.2) is 24.3 Å². The quantitative estimate of drug-likeness (QED) is 0.830. The molecular weight excluding hydrogens is 222 g/mol. The third-order valence-electron chi connectivity index (χ3n) is 4.07. The molecule has 0 amide bonds. The van der Waals surface area contributed by atoms with Crippen LogP contribution < -0.4 is 10.6 Å². The maximum Gasteiger partial charge on any atom is 0.0597 e. The monoisotopic (exact) mass is 247 g/mol. The molecule has 1 fully saturated rings. The predicted molar refractivity (Wildman–Crippen MR) is 79.0 cm³/mol. The highest BCUT2D eigenvalue weighted by Crippen LogP contribution is 2.23. The van der Waals surface area contributed by atoms with Gasteiger partial charge in [0.05, 0.1) is 11.4 Å². The first-order valence-corrected chi connectivity index (χ1v) is 6.94. The van der Waals surface area contributed by atoms with Gasteiger partial charge in [-0.1, -0.05) is 18.6 Å². The first kappa shape index (κ1) is 13.2. The lowest BCUT2D eigenvalue weighted by atomic mass is 10.00. The SMILES string of the molecule is CN(CCC1CCCCN1C)c1ccccc1N. The molecule has 1 heterocycles. The fourth-order valence-electron chi connectivity index (χ4n) is 2.81. The lowest BCUT2D eigenvalue weighted by Crippen LogP contribution is -2.38. The Morgan fingerprint density at radius 2 is 2.11 bits per heavy atom. The molecule has 0 aliphatic carbocycles. The van der Waals surface area contributed by atoms with Crippen LogP contribution in [0.2, 0.25) is 0 Å². The van der Waals surface area contributed by atoms with E-state index >= 15 is 0 Å². The molecular formula is C15H25N3. The highest BCUT2D eigenvalue weighted by molar-refractivity contribution is 5.66. The van der Waals surface area contributed by atoms with Gasteiger partial charge in [-0.3, -0.25) is 0 Å². The van der Waals surface area contributed by atoms with Gasteiger partial charge in [-0.15, -0.1) is 0 Å². The maximum absolute atomic E-state index is 6.01. The van der Waals surface area contributed by atoms with Gasteiger partial charge in [-0.25, -0.2) is 0 Å². The Morgan fingerprint density at radius 1 is 1.33 bits per heavy atom. The zero-order valence-corrected chi connectivity index (χ0v) is 11.6. The van der Waals surface area contributed by atoms with Gasteiger partial charge in [0, 0.05) is 19.6 Å². The molecule has 0 radical (unpaired) electrons. The number of benzene rings is 1. The highest BCUT2D eigenvalue weighted by Gasteiger charge is 2.19. The zero-order valence-electron chi connectivity index (χ0n) is 11.6. The summed E-state index contributed by atoms with van der Waals surface area (Å²) in [5, 5.41) is 0. The summed E-state index contributed by atoms with van der Waals surface area (Å²) in [4.78, 5) is 4.78. The normalized spacial score (nSPS) is 20.9. The average Bonchev–Trinajstić information content (AvgIpc) is 2.38. The van der Waals surface area contributed by atoms with Crippen LogP contribution in [0.1, 0.15) is 25.7 Å². The lowest BCUT2D eigenvalue weighted by Gasteiger charge is -2.34. The minimum Gasteiger partial charge on any atom is -0.397 e. The summed E-state index contributed by atoms with van der Waals surface area (Å²) in [6, 6.07) is 8.85. The van der Waals surface area contributed by atoms with Crippen molar-refractivity contribution in [1.29, 1.82) is 0 Å². The molecule has 0 spiro atoms. The summed E-state index contributed by atoms with van der Waals surface area (Å²) in [5.41, 5.74) is 8.03.